The maximum absolute atomic E-state index is 5.28. The number of rotatable bonds is 4. The molecule has 12 heavy (non-hydrogen) atoms. The quantitative estimate of drug-likeness (QED) is 0.438. The summed E-state index contributed by atoms with van der Waals surface area (Å²) in [5.74, 6) is 2.73. The zero-order valence-electron chi connectivity index (χ0n) is 8.78. The van der Waals surface area contributed by atoms with Gasteiger partial charge in [-0.2, -0.15) is 0 Å². The van der Waals surface area contributed by atoms with Crippen LogP contribution in [0.1, 0.15) is 47.0 Å². The third-order valence-electron chi connectivity index (χ3n) is 1.95. The highest BCUT2D eigenvalue weighted by molar-refractivity contribution is 4.96. The van der Waals surface area contributed by atoms with Gasteiger partial charge in [-0.05, 0) is 32.1 Å². The van der Waals surface area contributed by atoms with E-state index in [1.165, 1.54) is 12.0 Å². The summed E-state index contributed by atoms with van der Waals surface area (Å²) in [6.07, 6.45) is 10.8. The van der Waals surface area contributed by atoms with Crippen molar-refractivity contribution >= 4 is 0 Å². The molecule has 0 fully saturated rings. The van der Waals surface area contributed by atoms with Gasteiger partial charge in [0.25, 0.3) is 0 Å². The molecule has 0 saturated heterocycles. The highest BCUT2D eigenvalue weighted by atomic mass is 14.2. The van der Waals surface area contributed by atoms with Crippen molar-refractivity contribution < 1.29 is 0 Å². The second-order valence-electron chi connectivity index (χ2n) is 4.37. The van der Waals surface area contributed by atoms with Gasteiger partial charge < -0.3 is 0 Å². The van der Waals surface area contributed by atoms with E-state index in [0.29, 0.717) is 5.41 Å². The molecule has 0 aromatic carbocycles. The lowest BCUT2D eigenvalue weighted by molar-refractivity contribution is 0.348. The Bertz CT molecular complexity index is 185. The Morgan fingerprint density at radius 1 is 1.42 bits per heavy atom. The van der Waals surface area contributed by atoms with Crippen molar-refractivity contribution in [3.05, 3.63) is 11.6 Å². The normalized spacial score (nSPS) is 10.6. The molecule has 0 aliphatic heterocycles. The van der Waals surface area contributed by atoms with Gasteiger partial charge in [-0.25, -0.2) is 0 Å². The summed E-state index contributed by atoms with van der Waals surface area (Å²) >= 11 is 0. The Morgan fingerprint density at radius 2 is 2.00 bits per heavy atom. The summed E-state index contributed by atoms with van der Waals surface area (Å²) in [6, 6.07) is 0. The Morgan fingerprint density at radius 3 is 2.42 bits per heavy atom. The second-order valence-corrected chi connectivity index (χ2v) is 4.37. The van der Waals surface area contributed by atoms with Gasteiger partial charge in [0, 0.05) is 6.42 Å². The summed E-state index contributed by atoms with van der Waals surface area (Å²) in [5, 5.41) is 0. The minimum Gasteiger partial charge on any atom is -0.120 e. The van der Waals surface area contributed by atoms with Crippen LogP contribution in [0.15, 0.2) is 11.6 Å². The number of hydrogen-bond donors (Lipinski definition) is 0. The van der Waals surface area contributed by atoms with E-state index in [1.807, 2.05) is 0 Å². The fraction of sp³-hybridized carbons (Fsp3) is 0.667. The smallest absolute Gasteiger partial charge is 0.0137 e. The first-order valence-electron chi connectivity index (χ1n) is 4.55. The lowest BCUT2D eigenvalue weighted by atomic mass is 9.84. The molecule has 0 heterocycles. The lowest BCUT2D eigenvalue weighted by Gasteiger charge is -2.20. The molecule has 0 heteroatoms. The van der Waals surface area contributed by atoms with Crippen LogP contribution in [0.25, 0.3) is 0 Å². The van der Waals surface area contributed by atoms with Gasteiger partial charge in [0.15, 0.2) is 0 Å². The molecule has 0 radical (unpaired) electrons. The Balaban J connectivity index is 3.77. The molecule has 0 aromatic rings. The standard InChI is InChI=1S/C12H20/c1-6-9-12(4,5)10-7-8-11(2)3/h1,8H,7,9-10H2,2-5H3. The second kappa shape index (κ2) is 5.04. The Kier molecular flexibility index (Phi) is 4.74. The van der Waals surface area contributed by atoms with Crippen molar-refractivity contribution in [2.24, 2.45) is 5.41 Å². The van der Waals surface area contributed by atoms with Crippen LogP contribution >= 0.6 is 0 Å². The number of hydrogen-bond acceptors (Lipinski definition) is 0. The third-order valence-corrected chi connectivity index (χ3v) is 1.95. The van der Waals surface area contributed by atoms with Gasteiger partial charge >= 0.3 is 0 Å². The highest BCUT2D eigenvalue weighted by Gasteiger charge is 2.14. The van der Waals surface area contributed by atoms with Gasteiger partial charge in [0.2, 0.25) is 0 Å². The van der Waals surface area contributed by atoms with Gasteiger partial charge in [-0.15, -0.1) is 12.3 Å². The molecule has 0 aromatic heterocycles. The molecule has 0 bridgehead atoms. The fourth-order valence-electron chi connectivity index (χ4n) is 1.12. The first kappa shape index (κ1) is 11.3. The predicted molar refractivity (Wildman–Crippen MR) is 55.9 cm³/mol. The summed E-state index contributed by atoms with van der Waals surface area (Å²) < 4.78 is 0. The molecule has 0 saturated carbocycles. The van der Waals surface area contributed by atoms with Crippen LogP contribution in [0, 0.1) is 17.8 Å². The summed E-state index contributed by atoms with van der Waals surface area (Å²) in [6.45, 7) is 8.72. The minimum atomic E-state index is 0.306. The molecule has 0 unspecified atom stereocenters. The number of terminal acetylenes is 1. The molecule has 0 spiro atoms. The SMILES string of the molecule is C#CCC(C)(C)CCC=C(C)C. The molecule has 0 aliphatic rings. The van der Waals surface area contributed by atoms with Gasteiger partial charge in [0.05, 0.1) is 0 Å². The van der Waals surface area contributed by atoms with E-state index in [4.69, 9.17) is 6.42 Å². The van der Waals surface area contributed by atoms with Crippen LogP contribution in [0.2, 0.25) is 0 Å². The summed E-state index contributed by atoms with van der Waals surface area (Å²) in [4.78, 5) is 0. The number of allylic oxidation sites excluding steroid dienone is 2. The highest BCUT2D eigenvalue weighted by Crippen LogP contribution is 2.26. The van der Waals surface area contributed by atoms with E-state index < -0.39 is 0 Å². The Hall–Kier alpha value is -0.700. The van der Waals surface area contributed by atoms with E-state index in [9.17, 15) is 0 Å². The van der Waals surface area contributed by atoms with Crippen molar-refractivity contribution in [2.75, 3.05) is 0 Å². The van der Waals surface area contributed by atoms with Crippen molar-refractivity contribution in [1.29, 1.82) is 0 Å². The Labute approximate surface area is 77.1 Å². The van der Waals surface area contributed by atoms with E-state index in [-0.39, 0.29) is 0 Å². The van der Waals surface area contributed by atoms with Gasteiger partial charge in [-0.3, -0.25) is 0 Å². The largest absolute Gasteiger partial charge is 0.120 e. The maximum Gasteiger partial charge on any atom is 0.0137 e. The summed E-state index contributed by atoms with van der Waals surface area (Å²) in [7, 11) is 0. The van der Waals surface area contributed by atoms with Gasteiger partial charge in [0.1, 0.15) is 0 Å². The van der Waals surface area contributed by atoms with Crippen molar-refractivity contribution in [3.63, 3.8) is 0 Å². The summed E-state index contributed by atoms with van der Waals surface area (Å²) in [5.41, 5.74) is 1.70. The van der Waals surface area contributed by atoms with Crippen LogP contribution < -0.4 is 0 Å². The van der Waals surface area contributed by atoms with E-state index in [2.05, 4.69) is 39.7 Å². The molecular weight excluding hydrogens is 144 g/mol. The van der Waals surface area contributed by atoms with Gasteiger partial charge in [-0.1, -0.05) is 25.5 Å². The average molecular weight is 164 g/mol. The van der Waals surface area contributed by atoms with Crippen LogP contribution in [0.3, 0.4) is 0 Å². The molecule has 0 amide bonds. The molecule has 0 rings (SSSR count). The van der Waals surface area contributed by atoms with Crippen molar-refractivity contribution in [1.82, 2.24) is 0 Å². The van der Waals surface area contributed by atoms with Crippen molar-refractivity contribution in [2.45, 2.75) is 47.0 Å². The van der Waals surface area contributed by atoms with Crippen molar-refractivity contribution in [3.8, 4) is 12.3 Å². The monoisotopic (exact) mass is 164 g/mol. The zero-order valence-corrected chi connectivity index (χ0v) is 8.78. The van der Waals surface area contributed by atoms with E-state index >= 15 is 0 Å². The average Bonchev–Trinajstić information content (AvgIpc) is 1.85. The zero-order chi connectivity index (χ0) is 9.61. The maximum atomic E-state index is 5.28. The van der Waals surface area contributed by atoms with E-state index in [0.717, 1.165) is 12.8 Å². The van der Waals surface area contributed by atoms with Crippen LogP contribution in [-0.4, -0.2) is 0 Å². The van der Waals surface area contributed by atoms with Crippen LogP contribution in [-0.2, 0) is 0 Å². The minimum absolute atomic E-state index is 0.306. The third kappa shape index (κ3) is 6.04. The molecule has 0 atom stereocenters. The lowest BCUT2D eigenvalue weighted by Crippen LogP contribution is -2.09. The molecule has 0 nitrogen and oxygen atoms in total. The molecule has 0 aliphatic carbocycles. The van der Waals surface area contributed by atoms with Crippen LogP contribution in [0.4, 0.5) is 0 Å². The van der Waals surface area contributed by atoms with E-state index in [1.54, 1.807) is 0 Å². The first-order valence-corrected chi connectivity index (χ1v) is 4.55. The topological polar surface area (TPSA) is 0 Å². The van der Waals surface area contributed by atoms with Crippen LogP contribution in [0.5, 0.6) is 0 Å². The molecule has 0 N–H and O–H groups in total. The first-order chi connectivity index (χ1) is 5.48. The fourth-order valence-corrected chi connectivity index (χ4v) is 1.12. The predicted octanol–water partition coefficient (Wildman–Crippen LogP) is 3.78. The molecular formula is C12H20. The molecule has 68 valence electrons.